The minimum Gasteiger partial charge on any atom is -0.307 e. The first kappa shape index (κ1) is 21.8. The smallest absolute Gasteiger partial charge is 0.224 e. The predicted molar refractivity (Wildman–Crippen MR) is 159 cm³/mol. The van der Waals surface area contributed by atoms with Crippen molar-refractivity contribution in [3.8, 4) is 0 Å². The summed E-state index contributed by atoms with van der Waals surface area (Å²) in [4.78, 5) is 0. The van der Waals surface area contributed by atoms with Crippen LogP contribution in [-0.2, 0) is 12.5 Å². The number of pyridine rings is 2. The summed E-state index contributed by atoms with van der Waals surface area (Å²) in [7, 11) is 2.25. The van der Waals surface area contributed by atoms with Gasteiger partial charge in [0.25, 0.3) is 0 Å². The molecule has 3 aromatic heterocycles. The number of aromatic nitrogens is 2. The summed E-state index contributed by atoms with van der Waals surface area (Å²) in [5.41, 5.74) is 13.4. The maximum atomic E-state index is 2.69. The van der Waals surface area contributed by atoms with Crippen LogP contribution in [0.4, 0.5) is 0 Å². The van der Waals surface area contributed by atoms with Gasteiger partial charge in [-0.1, -0.05) is 18.2 Å². The molecule has 0 amide bonds. The average molecular weight is 498 g/mol. The molecule has 3 heterocycles. The highest BCUT2D eigenvalue weighted by atomic mass is 15.0. The van der Waals surface area contributed by atoms with Gasteiger partial charge in [0.05, 0.1) is 27.3 Å². The number of aryl methyl sites for hydroxylation is 3. The van der Waals surface area contributed by atoms with Crippen molar-refractivity contribution in [3.05, 3.63) is 70.4 Å². The first-order chi connectivity index (χ1) is 18.4. The summed E-state index contributed by atoms with van der Waals surface area (Å²) in [5.74, 6) is 2.82. The van der Waals surface area contributed by atoms with Crippen molar-refractivity contribution in [1.29, 1.82) is 0 Å². The van der Waals surface area contributed by atoms with E-state index >= 15 is 0 Å². The van der Waals surface area contributed by atoms with Crippen molar-refractivity contribution >= 4 is 49.0 Å². The van der Waals surface area contributed by atoms with Crippen molar-refractivity contribution in [1.82, 2.24) is 4.40 Å². The normalized spacial score (nSPS) is 26.8. The van der Waals surface area contributed by atoms with E-state index in [-0.39, 0.29) is 0 Å². The van der Waals surface area contributed by atoms with E-state index in [4.69, 9.17) is 0 Å². The molecule has 4 aliphatic carbocycles. The van der Waals surface area contributed by atoms with Crippen molar-refractivity contribution in [2.45, 2.75) is 71.6 Å². The fraction of sp³-hybridized carbons (Fsp3) is 0.417. The number of rotatable bonds is 1. The maximum absolute atomic E-state index is 2.69. The van der Waals surface area contributed by atoms with Crippen molar-refractivity contribution in [2.75, 3.05) is 0 Å². The van der Waals surface area contributed by atoms with Crippen LogP contribution in [0.25, 0.3) is 49.0 Å². The Kier molecular flexibility index (Phi) is 3.95. The van der Waals surface area contributed by atoms with Crippen LogP contribution in [0.1, 0.15) is 66.3 Å². The second kappa shape index (κ2) is 6.89. The third-order valence-electron chi connectivity index (χ3n) is 11.8. The maximum Gasteiger partial charge on any atom is 0.224 e. The molecule has 2 heteroatoms. The Morgan fingerprint density at radius 2 is 1.39 bits per heavy atom. The summed E-state index contributed by atoms with van der Waals surface area (Å²) < 4.78 is 5.08. The van der Waals surface area contributed by atoms with Crippen molar-refractivity contribution in [3.63, 3.8) is 0 Å². The van der Waals surface area contributed by atoms with Gasteiger partial charge in [0, 0.05) is 16.8 Å². The molecule has 2 nitrogen and oxygen atoms in total. The minimum absolute atomic E-state index is 0.352. The molecule has 0 radical (unpaired) electrons. The summed E-state index contributed by atoms with van der Waals surface area (Å²) in [6, 6.07) is 14.4. The largest absolute Gasteiger partial charge is 0.307 e. The second-order valence-corrected chi connectivity index (χ2v) is 13.7. The molecule has 0 N–H and O–H groups in total. The molecule has 0 spiro atoms. The Balaban J connectivity index is 1.58. The van der Waals surface area contributed by atoms with E-state index < -0.39 is 0 Å². The van der Waals surface area contributed by atoms with Crippen LogP contribution in [-0.4, -0.2) is 4.40 Å². The molecule has 0 saturated heterocycles. The Morgan fingerprint density at radius 3 is 2.11 bits per heavy atom. The van der Waals surface area contributed by atoms with Gasteiger partial charge in [-0.25, -0.2) is 4.57 Å². The van der Waals surface area contributed by atoms with Crippen LogP contribution >= 0.6 is 0 Å². The van der Waals surface area contributed by atoms with Crippen LogP contribution < -0.4 is 4.57 Å². The van der Waals surface area contributed by atoms with Crippen LogP contribution in [0, 0.1) is 45.4 Å². The molecule has 4 fully saturated rings. The summed E-state index contributed by atoms with van der Waals surface area (Å²) >= 11 is 0. The van der Waals surface area contributed by atoms with Crippen LogP contribution in [0.2, 0.25) is 0 Å². The SMILES string of the molecule is Cc1c(C)c(C)c2c(c1C)c1c3c(cc[n+]1C)cc(C14CC5CC(CC(C5)C1)C4)c1c4ccccc4n2c13. The molecule has 3 aromatic carbocycles. The quantitative estimate of drug-likeness (QED) is 0.122. The molecular weight excluding hydrogens is 460 g/mol. The third-order valence-corrected chi connectivity index (χ3v) is 11.8. The molecule has 4 saturated carbocycles. The summed E-state index contributed by atoms with van der Waals surface area (Å²) in [6.45, 7) is 9.34. The van der Waals surface area contributed by atoms with Gasteiger partial charge in [-0.15, -0.1) is 0 Å². The molecule has 190 valence electrons. The van der Waals surface area contributed by atoms with Crippen molar-refractivity contribution < 1.29 is 4.57 Å². The number of hydrogen-bond donors (Lipinski definition) is 0. The van der Waals surface area contributed by atoms with Gasteiger partial charge in [0.2, 0.25) is 5.52 Å². The van der Waals surface area contributed by atoms with Gasteiger partial charge < -0.3 is 4.40 Å². The first-order valence-corrected chi connectivity index (χ1v) is 14.9. The number of benzene rings is 3. The second-order valence-electron chi connectivity index (χ2n) is 13.7. The summed E-state index contributed by atoms with van der Waals surface area (Å²) in [5, 5.41) is 7.32. The average Bonchev–Trinajstić information content (AvgIpc) is 3.25. The monoisotopic (exact) mass is 497 g/mol. The molecule has 0 aliphatic heterocycles. The van der Waals surface area contributed by atoms with E-state index in [1.54, 1.807) is 10.9 Å². The Morgan fingerprint density at radius 1 is 0.737 bits per heavy atom. The lowest BCUT2D eigenvalue weighted by Gasteiger charge is -2.57. The first-order valence-electron chi connectivity index (χ1n) is 14.9. The Labute approximate surface area is 224 Å². The van der Waals surface area contributed by atoms with Gasteiger partial charge in [-0.3, -0.25) is 0 Å². The van der Waals surface area contributed by atoms with E-state index in [1.165, 1.54) is 104 Å². The van der Waals surface area contributed by atoms with Gasteiger partial charge in [0.1, 0.15) is 7.05 Å². The highest BCUT2D eigenvalue weighted by Crippen LogP contribution is 2.62. The zero-order valence-corrected chi connectivity index (χ0v) is 23.4. The molecule has 38 heavy (non-hydrogen) atoms. The Bertz CT molecular complexity index is 1970. The van der Waals surface area contributed by atoms with E-state index in [9.17, 15) is 0 Å². The van der Waals surface area contributed by atoms with E-state index in [2.05, 4.69) is 86.3 Å². The lowest BCUT2D eigenvalue weighted by Crippen LogP contribution is -2.48. The van der Waals surface area contributed by atoms with Crippen LogP contribution in [0.3, 0.4) is 0 Å². The topological polar surface area (TPSA) is 8.29 Å². The van der Waals surface area contributed by atoms with Crippen LogP contribution in [0.5, 0.6) is 0 Å². The molecular formula is C36H37N2+. The highest BCUT2D eigenvalue weighted by molar-refractivity contribution is 6.28. The van der Waals surface area contributed by atoms with E-state index in [1.807, 2.05) is 0 Å². The zero-order valence-electron chi connectivity index (χ0n) is 23.4. The number of para-hydroxylation sites is 1. The highest BCUT2D eigenvalue weighted by Gasteiger charge is 2.52. The van der Waals surface area contributed by atoms with E-state index in [0.717, 1.165) is 17.8 Å². The molecule has 0 unspecified atom stereocenters. The van der Waals surface area contributed by atoms with Gasteiger partial charge in [-0.2, -0.15) is 0 Å². The van der Waals surface area contributed by atoms with Gasteiger partial charge >= 0.3 is 0 Å². The Hall–Kier alpha value is -3.13. The third kappa shape index (κ3) is 2.40. The number of hydrogen-bond acceptors (Lipinski definition) is 0. The molecule has 4 aliphatic rings. The lowest BCUT2D eigenvalue weighted by atomic mass is 9.47. The molecule has 4 bridgehead atoms. The summed E-state index contributed by atoms with van der Waals surface area (Å²) in [6.07, 6.45) is 11.0. The molecule has 0 atom stereocenters. The molecule has 6 aromatic rings. The number of fused-ring (bicyclic) bond motifs is 6. The number of nitrogens with zero attached hydrogens (tertiary/aromatic N) is 2. The standard InChI is InChI=1S/C36H37N2/c1-19-20(2)22(4)33-30(21(19)3)34-31-26(10-11-37(34)5)15-28(32-27-8-6-7-9-29(27)38(33)35(31)32)36-16-23-12-24(17-36)14-25(13-23)18-36/h6-11,15,23-25H,12-14,16-18H2,1-5H3/q+1. The molecule has 10 rings (SSSR count). The van der Waals surface area contributed by atoms with Crippen molar-refractivity contribution in [2.24, 2.45) is 24.8 Å². The van der Waals surface area contributed by atoms with E-state index in [0.29, 0.717) is 5.41 Å². The fourth-order valence-corrected chi connectivity index (χ4v) is 10.3. The predicted octanol–water partition coefficient (Wildman–Crippen LogP) is 8.52. The minimum atomic E-state index is 0.352. The lowest BCUT2D eigenvalue weighted by molar-refractivity contribution is -0.643. The van der Waals surface area contributed by atoms with Gasteiger partial charge in [-0.05, 0) is 135 Å². The van der Waals surface area contributed by atoms with Gasteiger partial charge in [0.15, 0.2) is 6.20 Å². The van der Waals surface area contributed by atoms with Crippen LogP contribution in [0.15, 0.2) is 42.6 Å². The fourth-order valence-electron chi connectivity index (χ4n) is 10.3. The zero-order chi connectivity index (χ0) is 25.7.